The third kappa shape index (κ3) is 5.25. The number of benzene rings is 1. The molecule has 2 heterocycles. The van der Waals surface area contributed by atoms with Crippen LogP contribution in [0.25, 0.3) is 0 Å². The molecule has 1 amide bonds. The van der Waals surface area contributed by atoms with Gasteiger partial charge in [-0.2, -0.15) is 0 Å². The first-order chi connectivity index (χ1) is 15.2. The number of hydrogen-bond acceptors (Lipinski definition) is 5. The minimum absolute atomic E-state index is 0.106. The molecule has 3 aliphatic rings. The zero-order chi connectivity index (χ0) is 24.2. The van der Waals surface area contributed by atoms with Crippen LogP contribution < -0.4 is 5.46 Å². The highest BCUT2D eigenvalue weighted by Crippen LogP contribution is 2.45. The normalized spacial score (nSPS) is 28.1. The molecule has 0 aromatic heterocycles. The summed E-state index contributed by atoms with van der Waals surface area (Å²) in [5, 5.41) is 10.5. The van der Waals surface area contributed by atoms with Gasteiger partial charge in [0.05, 0.1) is 22.8 Å². The minimum Gasteiger partial charge on any atom is -0.443 e. The number of carbonyl (C=O) groups excluding carboxylic acids is 1. The van der Waals surface area contributed by atoms with Crippen molar-refractivity contribution in [3.63, 3.8) is 0 Å². The molecule has 1 aromatic carbocycles. The van der Waals surface area contributed by atoms with E-state index in [-0.39, 0.29) is 23.3 Å². The zero-order valence-electron chi connectivity index (χ0n) is 21.3. The largest absolute Gasteiger partial charge is 0.494 e. The van der Waals surface area contributed by atoms with Crippen LogP contribution in [0, 0.1) is 5.92 Å². The number of cyclic esters (lactones) is 1. The Morgan fingerprint density at radius 1 is 1.12 bits per heavy atom. The van der Waals surface area contributed by atoms with E-state index in [4.69, 9.17) is 14.0 Å². The summed E-state index contributed by atoms with van der Waals surface area (Å²) in [5.74, 6) is 0.617. The number of hydrogen-bond donors (Lipinski definition) is 1. The number of nitrogens with zero attached hydrogens (tertiary/aromatic N) is 1. The number of amides is 1. The van der Waals surface area contributed by atoms with Gasteiger partial charge in [0.25, 0.3) is 0 Å². The first kappa shape index (κ1) is 24.6. The van der Waals surface area contributed by atoms with Crippen LogP contribution in [-0.2, 0) is 14.0 Å². The molecule has 182 valence electrons. The predicted octanol–water partition coefficient (Wildman–Crippen LogP) is 4.59. The highest BCUT2D eigenvalue weighted by molar-refractivity contribution is 6.62. The first-order valence-electron chi connectivity index (χ1n) is 12.4. The van der Waals surface area contributed by atoms with Gasteiger partial charge in [0, 0.05) is 19.4 Å². The maximum atomic E-state index is 13.1. The predicted molar refractivity (Wildman–Crippen MR) is 129 cm³/mol. The Morgan fingerprint density at radius 3 is 2.18 bits per heavy atom. The summed E-state index contributed by atoms with van der Waals surface area (Å²) < 4.78 is 18.4. The SMILES string of the molecule is C[C@@H](c1ccc(B2OC(C)(C)C(C)(C)O2)cc1)N1CC[C@@](CC2CC2)(CC(C)(C)O)OC1=O. The fourth-order valence-corrected chi connectivity index (χ4v) is 5.13. The smallest absolute Gasteiger partial charge is 0.443 e. The molecule has 1 aliphatic carbocycles. The molecule has 1 aromatic rings. The monoisotopic (exact) mass is 457 g/mol. The van der Waals surface area contributed by atoms with E-state index < -0.39 is 18.3 Å². The minimum atomic E-state index is -0.869. The maximum Gasteiger partial charge on any atom is 0.494 e. The fraction of sp³-hybridized carbons (Fsp3) is 0.731. The number of carbonyl (C=O) groups is 1. The summed E-state index contributed by atoms with van der Waals surface area (Å²) >= 11 is 0. The molecule has 0 unspecified atom stereocenters. The van der Waals surface area contributed by atoms with Crippen molar-refractivity contribution in [2.45, 2.75) is 109 Å². The van der Waals surface area contributed by atoms with Crippen molar-refractivity contribution < 1.29 is 23.9 Å². The zero-order valence-corrected chi connectivity index (χ0v) is 21.3. The van der Waals surface area contributed by atoms with Crippen molar-refractivity contribution in [3.05, 3.63) is 29.8 Å². The second-order valence-electron chi connectivity index (χ2n) is 12.1. The van der Waals surface area contributed by atoms with Crippen molar-refractivity contribution in [2.75, 3.05) is 6.54 Å². The summed E-state index contributed by atoms with van der Waals surface area (Å²) in [6.07, 6.45) is 4.19. The molecule has 1 N–H and O–H groups in total. The quantitative estimate of drug-likeness (QED) is 0.607. The summed E-state index contributed by atoms with van der Waals surface area (Å²) in [4.78, 5) is 14.9. The van der Waals surface area contributed by atoms with Crippen LogP contribution in [0.15, 0.2) is 24.3 Å². The highest BCUT2D eigenvalue weighted by Gasteiger charge is 2.52. The van der Waals surface area contributed by atoms with Gasteiger partial charge in [0.2, 0.25) is 0 Å². The molecule has 2 aliphatic heterocycles. The Kier molecular flexibility index (Phi) is 6.16. The van der Waals surface area contributed by atoms with Gasteiger partial charge in [0.1, 0.15) is 5.60 Å². The van der Waals surface area contributed by atoms with Crippen molar-refractivity contribution in [1.82, 2.24) is 4.90 Å². The van der Waals surface area contributed by atoms with Crippen molar-refractivity contribution >= 4 is 18.7 Å². The highest BCUT2D eigenvalue weighted by atomic mass is 16.7. The number of rotatable bonds is 7. The van der Waals surface area contributed by atoms with E-state index in [9.17, 15) is 9.90 Å². The topological polar surface area (TPSA) is 68.2 Å². The molecule has 6 nitrogen and oxygen atoms in total. The van der Waals surface area contributed by atoms with Crippen molar-refractivity contribution in [2.24, 2.45) is 5.92 Å². The van der Waals surface area contributed by atoms with Gasteiger partial charge in [0.15, 0.2) is 0 Å². The van der Waals surface area contributed by atoms with Gasteiger partial charge >= 0.3 is 13.2 Å². The summed E-state index contributed by atoms with van der Waals surface area (Å²) in [6, 6.07) is 8.03. The Hall–Kier alpha value is -1.57. The van der Waals surface area contributed by atoms with Crippen LogP contribution in [0.2, 0.25) is 0 Å². The molecule has 2 saturated heterocycles. The average Bonchev–Trinajstić information content (AvgIpc) is 3.45. The van der Waals surface area contributed by atoms with Gasteiger partial charge in [-0.3, -0.25) is 0 Å². The van der Waals surface area contributed by atoms with Crippen LogP contribution in [-0.4, -0.2) is 52.2 Å². The van der Waals surface area contributed by atoms with Gasteiger partial charge in [-0.1, -0.05) is 37.1 Å². The standard InChI is InChI=1S/C26H40BNO5/c1-18(20-10-12-21(13-11-20)27-32-24(4,5)25(6,7)33-27)28-15-14-26(31-22(28)29,16-19-8-9-19)17-23(2,3)30/h10-13,18-19,30H,8-9,14-17H2,1-7H3/t18-,26+/m0/s1. The molecule has 33 heavy (non-hydrogen) atoms. The molecule has 1 saturated carbocycles. The Morgan fingerprint density at radius 2 is 1.70 bits per heavy atom. The molecule has 3 fully saturated rings. The van der Waals surface area contributed by atoms with E-state index in [1.807, 2.05) is 58.9 Å². The van der Waals surface area contributed by atoms with E-state index in [0.717, 1.165) is 23.9 Å². The summed E-state index contributed by atoms with van der Waals surface area (Å²) in [7, 11) is -0.399. The lowest BCUT2D eigenvalue weighted by atomic mass is 9.78. The van der Waals surface area contributed by atoms with Crippen LogP contribution in [0.3, 0.4) is 0 Å². The van der Waals surface area contributed by atoms with Crippen molar-refractivity contribution in [1.29, 1.82) is 0 Å². The molecule has 0 spiro atoms. The van der Waals surface area contributed by atoms with E-state index in [1.165, 1.54) is 12.8 Å². The first-order valence-corrected chi connectivity index (χ1v) is 12.4. The second kappa shape index (κ2) is 8.28. The van der Waals surface area contributed by atoms with Gasteiger partial charge in [-0.15, -0.1) is 0 Å². The second-order valence-corrected chi connectivity index (χ2v) is 12.1. The lowest BCUT2D eigenvalue weighted by Gasteiger charge is -2.45. The van der Waals surface area contributed by atoms with Gasteiger partial charge < -0.3 is 24.1 Å². The molecule has 0 bridgehead atoms. The Bertz CT molecular complexity index is 858. The van der Waals surface area contributed by atoms with Crippen molar-refractivity contribution in [3.8, 4) is 0 Å². The van der Waals surface area contributed by atoms with E-state index in [1.54, 1.807) is 18.7 Å². The number of aliphatic hydroxyl groups is 1. The Balaban J connectivity index is 1.43. The number of ether oxygens (including phenoxy) is 1. The lowest BCUT2D eigenvalue weighted by molar-refractivity contribution is -0.102. The van der Waals surface area contributed by atoms with Crippen LogP contribution in [0.1, 0.15) is 92.2 Å². The third-order valence-electron chi connectivity index (χ3n) is 7.87. The molecule has 2 atom stereocenters. The fourth-order valence-electron chi connectivity index (χ4n) is 5.13. The van der Waals surface area contributed by atoms with Crippen LogP contribution in [0.4, 0.5) is 4.79 Å². The molecule has 4 rings (SSSR count). The van der Waals surface area contributed by atoms with E-state index in [2.05, 4.69) is 0 Å². The van der Waals surface area contributed by atoms with E-state index in [0.29, 0.717) is 18.9 Å². The summed E-state index contributed by atoms with van der Waals surface area (Å²) in [5.41, 5.74) is -0.169. The van der Waals surface area contributed by atoms with E-state index >= 15 is 0 Å². The lowest BCUT2D eigenvalue weighted by Crippen LogP contribution is -2.53. The molecular weight excluding hydrogens is 417 g/mol. The maximum absolute atomic E-state index is 13.1. The average molecular weight is 457 g/mol. The molecule has 7 heteroatoms. The van der Waals surface area contributed by atoms with Crippen LogP contribution >= 0.6 is 0 Å². The van der Waals surface area contributed by atoms with Gasteiger partial charge in [-0.25, -0.2) is 4.79 Å². The van der Waals surface area contributed by atoms with Crippen LogP contribution in [0.5, 0.6) is 0 Å². The molecule has 0 radical (unpaired) electrons. The third-order valence-corrected chi connectivity index (χ3v) is 7.87. The van der Waals surface area contributed by atoms with Gasteiger partial charge in [-0.05, 0) is 71.8 Å². The Labute approximate surface area is 199 Å². The summed E-state index contributed by atoms with van der Waals surface area (Å²) in [6.45, 7) is 14.5. The molecular formula is C26H40BNO5.